The van der Waals surface area contributed by atoms with Crippen molar-refractivity contribution in [3.8, 4) is 6.07 Å². The number of rotatable bonds is 5. The summed E-state index contributed by atoms with van der Waals surface area (Å²) >= 11 is 6.08. The maximum absolute atomic E-state index is 11.7. The molecule has 0 spiro atoms. The van der Waals surface area contributed by atoms with Crippen LogP contribution in [0.15, 0.2) is 18.3 Å². The van der Waals surface area contributed by atoms with Gasteiger partial charge in [0.05, 0.1) is 10.9 Å². The number of amides is 1. The molecule has 0 saturated carbocycles. The summed E-state index contributed by atoms with van der Waals surface area (Å²) in [4.78, 5) is 15.6. The van der Waals surface area contributed by atoms with Crippen molar-refractivity contribution in [3.05, 3.63) is 29.6 Å². The van der Waals surface area contributed by atoms with Gasteiger partial charge in [0, 0.05) is 12.7 Å². The van der Waals surface area contributed by atoms with Crippen molar-refractivity contribution in [2.45, 2.75) is 25.6 Å². The fourth-order valence-corrected chi connectivity index (χ4v) is 1.92. The van der Waals surface area contributed by atoms with E-state index < -0.39 is 0 Å². The van der Waals surface area contributed by atoms with E-state index in [0.717, 1.165) is 6.42 Å². The van der Waals surface area contributed by atoms with E-state index in [9.17, 15) is 4.79 Å². The molecule has 0 aromatic carbocycles. The zero-order valence-corrected chi connectivity index (χ0v) is 11.2. The Hall–Kier alpha value is -1.60. The lowest BCUT2D eigenvalue weighted by molar-refractivity contribution is 0.0948. The first-order valence-electron chi connectivity index (χ1n) is 5.81. The molecule has 0 radical (unpaired) electrons. The molecular formula is C13H16ClN3O. The summed E-state index contributed by atoms with van der Waals surface area (Å²) in [5, 5.41) is 11.3. The molecule has 0 aliphatic heterocycles. The molecule has 18 heavy (non-hydrogen) atoms. The Morgan fingerprint density at radius 1 is 1.56 bits per heavy atom. The van der Waals surface area contributed by atoms with Gasteiger partial charge in [-0.05, 0) is 24.5 Å². The highest BCUT2D eigenvalue weighted by Crippen LogP contribution is 2.09. The van der Waals surface area contributed by atoms with Crippen LogP contribution < -0.4 is 5.32 Å². The third-order valence-electron chi connectivity index (χ3n) is 2.34. The molecule has 1 rings (SSSR count). The Balaban J connectivity index is 2.47. The first-order valence-corrected chi connectivity index (χ1v) is 6.25. The van der Waals surface area contributed by atoms with E-state index in [2.05, 4.69) is 24.1 Å². The molecule has 1 N–H and O–H groups in total. The van der Waals surface area contributed by atoms with Crippen LogP contribution in [-0.2, 0) is 0 Å². The molecule has 1 atom stereocenters. The third-order valence-corrected chi connectivity index (χ3v) is 2.67. The predicted molar refractivity (Wildman–Crippen MR) is 70.4 cm³/mol. The summed E-state index contributed by atoms with van der Waals surface area (Å²) in [5.74, 6) is 0.228. The first kappa shape index (κ1) is 14.5. The van der Waals surface area contributed by atoms with Gasteiger partial charge in [0.15, 0.2) is 0 Å². The number of pyridine rings is 1. The Labute approximate surface area is 112 Å². The summed E-state index contributed by atoms with van der Waals surface area (Å²) in [6.45, 7) is 4.58. The molecule has 1 aromatic heterocycles. The van der Waals surface area contributed by atoms with Crippen molar-refractivity contribution in [2.75, 3.05) is 6.54 Å². The van der Waals surface area contributed by atoms with Crippen molar-refractivity contribution < 1.29 is 4.79 Å². The van der Waals surface area contributed by atoms with Crippen LogP contribution in [-0.4, -0.2) is 22.8 Å². The molecule has 1 heterocycles. The highest BCUT2D eigenvalue weighted by Gasteiger charge is 2.11. The van der Waals surface area contributed by atoms with E-state index in [1.165, 1.54) is 12.3 Å². The number of alkyl halides is 1. The summed E-state index contributed by atoms with van der Waals surface area (Å²) in [5.41, 5.74) is 0.726. The number of nitrogens with one attached hydrogen (secondary N) is 1. The molecule has 96 valence electrons. The zero-order valence-electron chi connectivity index (χ0n) is 10.5. The van der Waals surface area contributed by atoms with Crippen molar-refractivity contribution >= 4 is 17.5 Å². The van der Waals surface area contributed by atoms with Crippen molar-refractivity contribution in [1.29, 1.82) is 5.26 Å². The van der Waals surface area contributed by atoms with Crippen molar-refractivity contribution in [3.63, 3.8) is 0 Å². The molecule has 0 saturated heterocycles. The molecule has 0 aliphatic carbocycles. The molecular weight excluding hydrogens is 250 g/mol. The third kappa shape index (κ3) is 4.72. The van der Waals surface area contributed by atoms with Crippen LogP contribution in [0.3, 0.4) is 0 Å². The van der Waals surface area contributed by atoms with Gasteiger partial charge in [0.1, 0.15) is 11.8 Å². The average molecular weight is 266 g/mol. The van der Waals surface area contributed by atoms with Gasteiger partial charge in [-0.3, -0.25) is 4.79 Å². The van der Waals surface area contributed by atoms with Gasteiger partial charge in [-0.15, -0.1) is 11.6 Å². The Morgan fingerprint density at radius 3 is 2.78 bits per heavy atom. The minimum absolute atomic E-state index is 0.0765. The molecule has 1 aromatic rings. The number of halogens is 1. The zero-order chi connectivity index (χ0) is 13.5. The maximum Gasteiger partial charge on any atom is 0.269 e. The van der Waals surface area contributed by atoms with Crippen LogP contribution in [0.5, 0.6) is 0 Å². The van der Waals surface area contributed by atoms with E-state index in [-0.39, 0.29) is 11.3 Å². The average Bonchev–Trinajstić information content (AvgIpc) is 2.35. The number of hydrogen-bond donors (Lipinski definition) is 1. The van der Waals surface area contributed by atoms with Crippen LogP contribution >= 0.6 is 11.6 Å². The first-order chi connectivity index (χ1) is 8.52. The van der Waals surface area contributed by atoms with Gasteiger partial charge in [0.2, 0.25) is 0 Å². The lowest BCUT2D eigenvalue weighted by Crippen LogP contribution is -2.30. The van der Waals surface area contributed by atoms with Gasteiger partial charge < -0.3 is 5.32 Å². The second kappa shape index (κ2) is 6.97. The fraction of sp³-hybridized carbons (Fsp3) is 0.462. The van der Waals surface area contributed by atoms with Crippen LogP contribution in [0.2, 0.25) is 0 Å². The summed E-state index contributed by atoms with van der Waals surface area (Å²) in [6, 6.07) is 5.04. The Morgan fingerprint density at radius 2 is 2.28 bits per heavy atom. The summed E-state index contributed by atoms with van der Waals surface area (Å²) in [6.07, 6.45) is 2.23. The van der Waals surface area contributed by atoms with E-state index in [1.54, 1.807) is 6.07 Å². The Kier molecular flexibility index (Phi) is 5.60. The molecule has 1 unspecified atom stereocenters. The second-order valence-electron chi connectivity index (χ2n) is 4.48. The maximum atomic E-state index is 11.7. The number of hydrogen-bond acceptors (Lipinski definition) is 3. The van der Waals surface area contributed by atoms with Crippen LogP contribution in [0.1, 0.15) is 36.3 Å². The SMILES string of the molecule is CC(C)CC(Cl)CNC(=O)c1ccc(C#N)cn1. The molecule has 0 fully saturated rings. The van der Waals surface area contributed by atoms with Crippen molar-refractivity contribution in [1.82, 2.24) is 10.3 Å². The molecule has 0 bridgehead atoms. The van der Waals surface area contributed by atoms with E-state index in [1.807, 2.05) is 6.07 Å². The number of nitrogens with zero attached hydrogens (tertiary/aromatic N) is 2. The monoisotopic (exact) mass is 265 g/mol. The highest BCUT2D eigenvalue weighted by molar-refractivity contribution is 6.20. The quantitative estimate of drug-likeness (QED) is 0.831. The van der Waals surface area contributed by atoms with Crippen LogP contribution in [0, 0.1) is 17.2 Å². The molecule has 4 nitrogen and oxygen atoms in total. The minimum Gasteiger partial charge on any atom is -0.349 e. The van der Waals surface area contributed by atoms with E-state index in [0.29, 0.717) is 23.7 Å². The summed E-state index contributed by atoms with van der Waals surface area (Å²) < 4.78 is 0. The second-order valence-corrected chi connectivity index (χ2v) is 5.10. The minimum atomic E-state index is -0.270. The van der Waals surface area contributed by atoms with Gasteiger partial charge >= 0.3 is 0 Å². The predicted octanol–water partition coefficient (Wildman–Crippen LogP) is 2.34. The lowest BCUT2D eigenvalue weighted by Gasteiger charge is -2.12. The fourth-order valence-electron chi connectivity index (χ4n) is 1.48. The van der Waals surface area contributed by atoms with Gasteiger partial charge in [0.25, 0.3) is 5.91 Å². The van der Waals surface area contributed by atoms with Crippen LogP contribution in [0.25, 0.3) is 0 Å². The lowest BCUT2D eigenvalue weighted by atomic mass is 10.1. The number of carbonyl (C=O) groups is 1. The smallest absolute Gasteiger partial charge is 0.269 e. The Bertz CT molecular complexity index is 437. The largest absolute Gasteiger partial charge is 0.349 e. The van der Waals surface area contributed by atoms with Crippen molar-refractivity contribution in [2.24, 2.45) is 5.92 Å². The number of nitriles is 1. The molecule has 1 amide bonds. The number of carbonyl (C=O) groups excluding carboxylic acids is 1. The normalized spacial score (nSPS) is 11.9. The molecule has 5 heteroatoms. The van der Waals surface area contributed by atoms with Crippen LogP contribution in [0.4, 0.5) is 0 Å². The van der Waals surface area contributed by atoms with Gasteiger partial charge in [-0.2, -0.15) is 5.26 Å². The van der Waals surface area contributed by atoms with Gasteiger partial charge in [-0.1, -0.05) is 13.8 Å². The highest BCUT2D eigenvalue weighted by atomic mass is 35.5. The topological polar surface area (TPSA) is 65.8 Å². The van der Waals surface area contributed by atoms with Gasteiger partial charge in [-0.25, -0.2) is 4.98 Å². The molecule has 0 aliphatic rings. The van der Waals surface area contributed by atoms with E-state index >= 15 is 0 Å². The summed E-state index contributed by atoms with van der Waals surface area (Å²) in [7, 11) is 0. The standard InChI is InChI=1S/C13H16ClN3O/c1-9(2)5-11(14)8-17-13(18)12-4-3-10(6-15)7-16-12/h3-4,7,9,11H,5,8H2,1-2H3,(H,17,18). The van der Waals surface area contributed by atoms with E-state index in [4.69, 9.17) is 16.9 Å². The number of aromatic nitrogens is 1.